The molecular weight excluding hydrogens is 210 g/mol. The van der Waals surface area contributed by atoms with Gasteiger partial charge in [0.1, 0.15) is 5.78 Å². The van der Waals surface area contributed by atoms with Crippen molar-refractivity contribution >= 4 is 5.78 Å². The van der Waals surface area contributed by atoms with Crippen molar-refractivity contribution in [2.45, 2.75) is 76.3 Å². The molecule has 0 aromatic rings. The van der Waals surface area contributed by atoms with Crippen molar-refractivity contribution in [3.8, 4) is 0 Å². The molecule has 1 N–H and O–H groups in total. The molecule has 0 aromatic carbocycles. The predicted molar refractivity (Wildman–Crippen MR) is 68.9 cm³/mol. The standard InChI is InChI=1S/C15H25NO/c17-15(12-4-2-1-3-5-12)10-11-8-13-6-7-14(9-11)16-13/h11-14,16H,1-10H2. The van der Waals surface area contributed by atoms with E-state index in [0.717, 1.165) is 18.5 Å². The van der Waals surface area contributed by atoms with Crippen LogP contribution in [0.5, 0.6) is 0 Å². The molecule has 96 valence electrons. The SMILES string of the molecule is O=C(CC1CC2CCC(C1)N2)C1CCCCC1. The summed E-state index contributed by atoms with van der Waals surface area (Å²) in [5, 5.41) is 3.66. The van der Waals surface area contributed by atoms with Crippen LogP contribution < -0.4 is 5.32 Å². The van der Waals surface area contributed by atoms with Gasteiger partial charge in [-0.05, 0) is 44.4 Å². The molecule has 0 radical (unpaired) electrons. The maximum Gasteiger partial charge on any atom is 0.136 e. The number of carbonyl (C=O) groups excluding carboxylic acids is 1. The molecule has 0 aromatic heterocycles. The van der Waals surface area contributed by atoms with Crippen molar-refractivity contribution in [1.82, 2.24) is 5.32 Å². The summed E-state index contributed by atoms with van der Waals surface area (Å²) in [6, 6.07) is 1.47. The lowest BCUT2D eigenvalue weighted by atomic mass is 9.80. The van der Waals surface area contributed by atoms with Crippen LogP contribution in [-0.4, -0.2) is 17.9 Å². The van der Waals surface area contributed by atoms with Crippen LogP contribution in [-0.2, 0) is 4.79 Å². The van der Waals surface area contributed by atoms with Crippen LogP contribution >= 0.6 is 0 Å². The number of ketones is 1. The largest absolute Gasteiger partial charge is 0.311 e. The van der Waals surface area contributed by atoms with Gasteiger partial charge in [0.15, 0.2) is 0 Å². The normalized spacial score (nSPS) is 38.2. The van der Waals surface area contributed by atoms with Crippen LogP contribution in [0.15, 0.2) is 0 Å². The average molecular weight is 235 g/mol. The van der Waals surface area contributed by atoms with Gasteiger partial charge in [-0.2, -0.15) is 0 Å². The van der Waals surface area contributed by atoms with Gasteiger partial charge >= 0.3 is 0 Å². The fourth-order valence-electron chi connectivity index (χ4n) is 4.22. The summed E-state index contributed by atoms with van der Waals surface area (Å²) in [6.45, 7) is 0. The van der Waals surface area contributed by atoms with Crippen LogP contribution in [0.3, 0.4) is 0 Å². The van der Waals surface area contributed by atoms with E-state index in [1.165, 1.54) is 57.8 Å². The lowest BCUT2D eigenvalue weighted by Gasteiger charge is -2.30. The summed E-state index contributed by atoms with van der Waals surface area (Å²) >= 11 is 0. The van der Waals surface area contributed by atoms with Crippen LogP contribution in [0.25, 0.3) is 0 Å². The summed E-state index contributed by atoms with van der Waals surface area (Å²) in [5.41, 5.74) is 0. The monoisotopic (exact) mass is 235 g/mol. The van der Waals surface area contributed by atoms with E-state index in [1.54, 1.807) is 0 Å². The predicted octanol–water partition coefficient (Wildman–Crippen LogP) is 3.06. The Morgan fingerprint density at radius 1 is 0.941 bits per heavy atom. The molecule has 17 heavy (non-hydrogen) atoms. The first-order chi connectivity index (χ1) is 8.31. The van der Waals surface area contributed by atoms with Gasteiger partial charge in [-0.1, -0.05) is 19.3 Å². The van der Waals surface area contributed by atoms with Crippen LogP contribution in [0, 0.1) is 11.8 Å². The van der Waals surface area contributed by atoms with Crippen LogP contribution in [0.1, 0.15) is 64.2 Å². The third kappa shape index (κ3) is 2.73. The summed E-state index contributed by atoms with van der Waals surface area (Å²) < 4.78 is 0. The van der Waals surface area contributed by atoms with Crippen LogP contribution in [0.4, 0.5) is 0 Å². The Morgan fingerprint density at radius 2 is 1.59 bits per heavy atom. The zero-order chi connectivity index (χ0) is 11.7. The molecule has 2 aliphatic heterocycles. The van der Waals surface area contributed by atoms with Gasteiger partial charge in [0.25, 0.3) is 0 Å². The van der Waals surface area contributed by atoms with Crippen molar-refractivity contribution in [3.05, 3.63) is 0 Å². The highest BCUT2D eigenvalue weighted by Crippen LogP contribution is 2.34. The van der Waals surface area contributed by atoms with Crippen LogP contribution in [0.2, 0.25) is 0 Å². The first-order valence-corrected chi connectivity index (χ1v) is 7.60. The molecule has 1 saturated carbocycles. The molecule has 0 spiro atoms. The third-order valence-electron chi connectivity index (χ3n) is 5.12. The van der Waals surface area contributed by atoms with Crippen molar-refractivity contribution in [1.29, 1.82) is 0 Å². The van der Waals surface area contributed by atoms with E-state index in [-0.39, 0.29) is 0 Å². The van der Waals surface area contributed by atoms with Gasteiger partial charge in [0, 0.05) is 24.4 Å². The number of carbonyl (C=O) groups is 1. The summed E-state index contributed by atoms with van der Waals surface area (Å²) in [6.07, 6.45) is 12.4. The highest BCUT2D eigenvalue weighted by atomic mass is 16.1. The second kappa shape index (κ2) is 5.09. The Kier molecular flexibility index (Phi) is 3.51. The Labute approximate surface area is 105 Å². The highest BCUT2D eigenvalue weighted by Gasteiger charge is 2.35. The molecule has 3 rings (SSSR count). The molecular formula is C15H25NO. The Bertz CT molecular complexity index is 271. The molecule has 2 saturated heterocycles. The Morgan fingerprint density at radius 3 is 2.24 bits per heavy atom. The molecule has 1 aliphatic carbocycles. The number of hydrogen-bond donors (Lipinski definition) is 1. The lowest BCUT2D eigenvalue weighted by Crippen LogP contribution is -2.39. The van der Waals surface area contributed by atoms with E-state index >= 15 is 0 Å². The number of fused-ring (bicyclic) bond motifs is 2. The molecule has 2 bridgehead atoms. The maximum atomic E-state index is 12.3. The molecule has 3 fully saturated rings. The van der Waals surface area contributed by atoms with E-state index < -0.39 is 0 Å². The Hall–Kier alpha value is -0.370. The fourth-order valence-corrected chi connectivity index (χ4v) is 4.22. The lowest BCUT2D eigenvalue weighted by molar-refractivity contribution is -0.125. The highest BCUT2D eigenvalue weighted by molar-refractivity contribution is 5.81. The minimum absolute atomic E-state index is 0.427. The quantitative estimate of drug-likeness (QED) is 0.814. The molecule has 2 nitrogen and oxygen atoms in total. The smallest absolute Gasteiger partial charge is 0.136 e. The number of Topliss-reactive ketones (excluding diaryl/α,β-unsaturated/α-hetero) is 1. The number of rotatable bonds is 3. The maximum absolute atomic E-state index is 12.3. The first-order valence-electron chi connectivity index (χ1n) is 7.60. The third-order valence-corrected chi connectivity index (χ3v) is 5.12. The number of nitrogens with one attached hydrogen (secondary N) is 1. The van der Waals surface area contributed by atoms with Crippen molar-refractivity contribution in [2.24, 2.45) is 11.8 Å². The van der Waals surface area contributed by atoms with Gasteiger partial charge in [-0.25, -0.2) is 0 Å². The summed E-state index contributed by atoms with van der Waals surface area (Å²) in [4.78, 5) is 12.3. The van der Waals surface area contributed by atoms with Gasteiger partial charge in [-0.3, -0.25) is 4.79 Å². The molecule has 2 heterocycles. The average Bonchev–Trinajstić information content (AvgIpc) is 2.70. The number of piperidine rings is 1. The molecule has 2 heteroatoms. The van der Waals surface area contributed by atoms with E-state index in [9.17, 15) is 4.79 Å². The minimum atomic E-state index is 0.427. The van der Waals surface area contributed by atoms with Gasteiger partial charge in [-0.15, -0.1) is 0 Å². The minimum Gasteiger partial charge on any atom is -0.311 e. The molecule has 0 amide bonds. The Balaban J connectivity index is 1.50. The summed E-state index contributed by atoms with van der Waals surface area (Å²) in [7, 11) is 0. The van der Waals surface area contributed by atoms with E-state index in [1.807, 2.05) is 0 Å². The van der Waals surface area contributed by atoms with Crippen molar-refractivity contribution in [3.63, 3.8) is 0 Å². The zero-order valence-electron chi connectivity index (χ0n) is 10.8. The topological polar surface area (TPSA) is 29.1 Å². The summed E-state index contributed by atoms with van der Waals surface area (Å²) in [5.74, 6) is 1.72. The zero-order valence-corrected chi connectivity index (χ0v) is 10.8. The fraction of sp³-hybridized carbons (Fsp3) is 0.933. The second-order valence-corrected chi connectivity index (χ2v) is 6.48. The van der Waals surface area contributed by atoms with E-state index in [4.69, 9.17) is 0 Å². The number of hydrogen-bond acceptors (Lipinski definition) is 2. The van der Waals surface area contributed by atoms with E-state index in [0.29, 0.717) is 17.6 Å². The van der Waals surface area contributed by atoms with Gasteiger partial charge in [0.05, 0.1) is 0 Å². The van der Waals surface area contributed by atoms with Crippen molar-refractivity contribution in [2.75, 3.05) is 0 Å². The molecule has 3 aliphatic rings. The van der Waals surface area contributed by atoms with E-state index in [2.05, 4.69) is 5.32 Å². The van der Waals surface area contributed by atoms with Gasteiger partial charge < -0.3 is 5.32 Å². The first kappa shape index (κ1) is 11.7. The second-order valence-electron chi connectivity index (χ2n) is 6.48. The molecule has 2 unspecified atom stereocenters. The molecule has 2 atom stereocenters. The van der Waals surface area contributed by atoms with Crippen molar-refractivity contribution < 1.29 is 4.79 Å². The van der Waals surface area contributed by atoms with Gasteiger partial charge in [0.2, 0.25) is 0 Å².